The molecule has 92 valence electrons. The number of benzene rings is 2. The lowest BCUT2D eigenvalue weighted by atomic mass is 10.0. The number of ketones is 1. The van der Waals surface area contributed by atoms with Crippen molar-refractivity contribution in [2.75, 3.05) is 5.73 Å². The Balaban J connectivity index is 2.47. The number of carbonyl (C=O) groups is 1. The van der Waals surface area contributed by atoms with E-state index in [1.165, 1.54) is 6.07 Å². The number of nitrogens with two attached hydrogens (primary N) is 1. The molecule has 2 N–H and O–H groups in total. The van der Waals surface area contributed by atoms with Gasteiger partial charge in [0.1, 0.15) is 0 Å². The van der Waals surface area contributed by atoms with Crippen LogP contribution in [0.1, 0.15) is 15.9 Å². The smallest absolute Gasteiger partial charge is 0.194 e. The van der Waals surface area contributed by atoms with E-state index in [-0.39, 0.29) is 5.78 Å². The van der Waals surface area contributed by atoms with Crippen molar-refractivity contribution in [2.45, 2.75) is 0 Å². The van der Waals surface area contributed by atoms with Crippen molar-refractivity contribution in [2.24, 2.45) is 0 Å². The van der Waals surface area contributed by atoms with Crippen molar-refractivity contribution in [1.29, 1.82) is 0 Å². The Hall–Kier alpha value is -1.22. The average Bonchev–Trinajstić information content (AvgIpc) is 2.26. The molecule has 2 nitrogen and oxygen atoms in total. The van der Waals surface area contributed by atoms with Gasteiger partial charge < -0.3 is 5.73 Å². The first kappa shape index (κ1) is 13.2. The van der Waals surface area contributed by atoms with E-state index in [9.17, 15) is 4.79 Å². The summed E-state index contributed by atoms with van der Waals surface area (Å²) in [5.74, 6) is -0.245. The summed E-state index contributed by atoms with van der Waals surface area (Å²) in [6.45, 7) is 0. The monoisotopic (exact) mass is 299 g/mol. The Morgan fingerprint density at radius 3 is 2.28 bits per heavy atom. The van der Waals surface area contributed by atoms with Crippen molar-refractivity contribution in [3.63, 3.8) is 0 Å². The van der Waals surface area contributed by atoms with E-state index in [2.05, 4.69) is 0 Å². The molecule has 0 aliphatic heterocycles. The van der Waals surface area contributed by atoms with E-state index in [1.807, 2.05) is 0 Å². The summed E-state index contributed by atoms with van der Waals surface area (Å²) in [6.07, 6.45) is 0. The zero-order chi connectivity index (χ0) is 13.3. The minimum atomic E-state index is -0.245. The van der Waals surface area contributed by atoms with Gasteiger partial charge in [-0.25, -0.2) is 0 Å². The van der Waals surface area contributed by atoms with Crippen LogP contribution in [0, 0.1) is 0 Å². The molecule has 0 amide bonds. The molecule has 2 aromatic rings. The second-order valence-electron chi connectivity index (χ2n) is 3.73. The molecule has 0 heterocycles. The maximum Gasteiger partial charge on any atom is 0.194 e. The lowest BCUT2D eigenvalue weighted by Crippen LogP contribution is -2.03. The molecule has 0 spiro atoms. The van der Waals surface area contributed by atoms with E-state index in [0.717, 1.165) is 0 Å². The molecule has 2 rings (SSSR count). The maximum absolute atomic E-state index is 12.2. The first-order chi connectivity index (χ1) is 8.47. The fourth-order valence-corrected chi connectivity index (χ4v) is 2.31. The van der Waals surface area contributed by atoms with Crippen LogP contribution in [0.4, 0.5) is 5.69 Å². The third-order valence-electron chi connectivity index (χ3n) is 2.36. The number of hydrogen-bond donors (Lipinski definition) is 1. The van der Waals surface area contributed by atoms with Crippen molar-refractivity contribution in [3.05, 3.63) is 62.6 Å². The second kappa shape index (κ2) is 5.19. The summed E-state index contributed by atoms with van der Waals surface area (Å²) in [5, 5.41) is 1.18. The lowest BCUT2D eigenvalue weighted by molar-refractivity contribution is 0.103. The predicted octanol–water partition coefficient (Wildman–Crippen LogP) is 4.46. The van der Waals surface area contributed by atoms with E-state index in [1.54, 1.807) is 30.3 Å². The van der Waals surface area contributed by atoms with Gasteiger partial charge in [0.15, 0.2) is 5.78 Å². The molecule has 18 heavy (non-hydrogen) atoms. The first-order valence-electron chi connectivity index (χ1n) is 5.03. The third kappa shape index (κ3) is 2.78. The zero-order valence-electron chi connectivity index (χ0n) is 9.08. The van der Waals surface area contributed by atoms with Gasteiger partial charge in [0.25, 0.3) is 0 Å². The summed E-state index contributed by atoms with van der Waals surface area (Å²) >= 11 is 17.6. The van der Waals surface area contributed by atoms with Crippen LogP contribution in [-0.4, -0.2) is 5.78 Å². The molecule has 0 unspecified atom stereocenters. The summed E-state index contributed by atoms with van der Waals surface area (Å²) in [6, 6.07) is 9.37. The highest BCUT2D eigenvalue weighted by molar-refractivity contribution is 6.37. The number of hydrogen-bond acceptors (Lipinski definition) is 2. The van der Waals surface area contributed by atoms with Crippen LogP contribution >= 0.6 is 34.8 Å². The minimum Gasteiger partial charge on any atom is -0.399 e. The fraction of sp³-hybridized carbons (Fsp3) is 0. The number of carbonyl (C=O) groups excluding carboxylic acids is 1. The second-order valence-corrected chi connectivity index (χ2v) is 5.01. The zero-order valence-corrected chi connectivity index (χ0v) is 11.4. The number of rotatable bonds is 2. The molecule has 0 atom stereocenters. The van der Waals surface area contributed by atoms with E-state index in [4.69, 9.17) is 40.5 Å². The van der Waals surface area contributed by atoms with Crippen LogP contribution in [0.5, 0.6) is 0 Å². The van der Waals surface area contributed by atoms with Crippen molar-refractivity contribution in [1.82, 2.24) is 0 Å². The Bertz CT molecular complexity index is 605. The van der Waals surface area contributed by atoms with Gasteiger partial charge in [0, 0.05) is 26.9 Å². The molecular weight excluding hydrogens is 293 g/mol. The number of halogens is 3. The average molecular weight is 301 g/mol. The van der Waals surface area contributed by atoms with Crippen molar-refractivity contribution >= 4 is 46.3 Å². The number of anilines is 1. The lowest BCUT2D eigenvalue weighted by Gasteiger charge is -2.05. The normalized spacial score (nSPS) is 10.4. The van der Waals surface area contributed by atoms with Crippen LogP contribution in [-0.2, 0) is 0 Å². The maximum atomic E-state index is 12.2. The quantitative estimate of drug-likeness (QED) is 0.657. The van der Waals surface area contributed by atoms with Crippen LogP contribution in [0.25, 0.3) is 0 Å². The van der Waals surface area contributed by atoms with Gasteiger partial charge in [0.2, 0.25) is 0 Å². The number of nitrogen functional groups attached to an aromatic ring is 1. The van der Waals surface area contributed by atoms with Crippen LogP contribution < -0.4 is 5.73 Å². The predicted molar refractivity (Wildman–Crippen MR) is 75.8 cm³/mol. The molecule has 0 saturated carbocycles. The summed E-state index contributed by atoms with van der Waals surface area (Å²) < 4.78 is 0. The standard InChI is InChI=1S/C13H8Cl3NO/c14-8-1-2-11(12(16)6-8)13(18)7-3-9(15)5-10(17)4-7/h1-6H,17H2. The molecule has 2 aromatic carbocycles. The fourth-order valence-electron chi connectivity index (χ4n) is 1.57. The van der Waals surface area contributed by atoms with Gasteiger partial charge in [-0.3, -0.25) is 4.79 Å². The molecule has 0 aromatic heterocycles. The molecule has 0 saturated heterocycles. The topological polar surface area (TPSA) is 43.1 Å². The van der Waals surface area contributed by atoms with Crippen LogP contribution in [0.2, 0.25) is 15.1 Å². The molecule has 0 bridgehead atoms. The molecule has 0 aliphatic rings. The van der Waals surface area contributed by atoms with E-state index >= 15 is 0 Å². The van der Waals surface area contributed by atoms with Crippen molar-refractivity contribution in [3.8, 4) is 0 Å². The van der Waals surface area contributed by atoms with Gasteiger partial charge in [-0.2, -0.15) is 0 Å². The molecule has 0 aliphatic carbocycles. The molecule has 0 radical (unpaired) electrons. The Morgan fingerprint density at radius 2 is 1.67 bits per heavy atom. The van der Waals surface area contributed by atoms with Gasteiger partial charge >= 0.3 is 0 Å². The summed E-state index contributed by atoms with van der Waals surface area (Å²) in [7, 11) is 0. The van der Waals surface area contributed by atoms with Gasteiger partial charge in [-0.1, -0.05) is 34.8 Å². The summed E-state index contributed by atoms with van der Waals surface area (Å²) in [4.78, 5) is 12.2. The molecular formula is C13H8Cl3NO. The van der Waals surface area contributed by atoms with Gasteiger partial charge in [0.05, 0.1) is 5.02 Å². The van der Waals surface area contributed by atoms with E-state index < -0.39 is 0 Å². The molecule has 0 fully saturated rings. The van der Waals surface area contributed by atoms with Crippen LogP contribution in [0.3, 0.4) is 0 Å². The Labute approximate surface area is 119 Å². The van der Waals surface area contributed by atoms with Gasteiger partial charge in [-0.05, 0) is 36.4 Å². The first-order valence-corrected chi connectivity index (χ1v) is 6.16. The minimum absolute atomic E-state index is 0.245. The van der Waals surface area contributed by atoms with Crippen LogP contribution in [0.15, 0.2) is 36.4 Å². The third-order valence-corrected chi connectivity index (χ3v) is 3.12. The largest absolute Gasteiger partial charge is 0.399 e. The highest BCUT2D eigenvalue weighted by atomic mass is 35.5. The SMILES string of the molecule is Nc1cc(Cl)cc(C(=O)c2ccc(Cl)cc2Cl)c1. The summed E-state index contributed by atoms with van der Waals surface area (Å²) in [5.41, 5.74) is 6.83. The van der Waals surface area contributed by atoms with Crippen molar-refractivity contribution < 1.29 is 4.79 Å². The van der Waals surface area contributed by atoms with E-state index in [0.29, 0.717) is 31.9 Å². The molecule has 5 heteroatoms. The van der Waals surface area contributed by atoms with Gasteiger partial charge in [-0.15, -0.1) is 0 Å². The highest BCUT2D eigenvalue weighted by Crippen LogP contribution is 2.25. The Kier molecular flexibility index (Phi) is 3.81. The highest BCUT2D eigenvalue weighted by Gasteiger charge is 2.14. The Morgan fingerprint density at radius 1 is 0.944 bits per heavy atom.